The van der Waals surface area contributed by atoms with Crippen molar-refractivity contribution in [2.24, 2.45) is 5.73 Å². The lowest BCUT2D eigenvalue weighted by atomic mass is 10.1. The second-order valence-electron chi connectivity index (χ2n) is 5.29. The summed E-state index contributed by atoms with van der Waals surface area (Å²) in [7, 11) is 0. The molecule has 0 aromatic rings. The Morgan fingerprint density at radius 1 is 0.632 bits per heavy atom. The summed E-state index contributed by atoms with van der Waals surface area (Å²) in [6, 6.07) is 0. The van der Waals surface area contributed by atoms with Crippen LogP contribution in [0.3, 0.4) is 0 Å². The van der Waals surface area contributed by atoms with Crippen molar-refractivity contribution in [3.8, 4) is 0 Å². The Kier molecular flexibility index (Phi) is 22.6. The van der Waals surface area contributed by atoms with Gasteiger partial charge >= 0.3 is 0 Å². The highest BCUT2D eigenvalue weighted by molar-refractivity contribution is 4.48. The predicted octanol–water partition coefficient (Wildman–Crippen LogP) is 4.82. The third-order valence-electron chi connectivity index (χ3n) is 3.49. The molecule has 2 heteroatoms. The molecule has 0 amide bonds. The van der Waals surface area contributed by atoms with Crippen molar-refractivity contribution < 1.29 is 0 Å². The maximum absolute atomic E-state index is 5.39. The molecule has 2 N–H and O–H groups in total. The van der Waals surface area contributed by atoms with Crippen LogP contribution in [0, 0.1) is 0 Å². The van der Waals surface area contributed by atoms with Crippen LogP contribution in [0.25, 0.3) is 0 Å². The van der Waals surface area contributed by atoms with Gasteiger partial charge in [0.1, 0.15) is 0 Å². The van der Waals surface area contributed by atoms with Gasteiger partial charge in [-0.2, -0.15) is 0 Å². The summed E-state index contributed by atoms with van der Waals surface area (Å²) in [4.78, 5) is 2.43. The van der Waals surface area contributed by atoms with Crippen LogP contribution < -0.4 is 5.73 Å². The number of nitrogens with two attached hydrogens (primary N) is 1. The summed E-state index contributed by atoms with van der Waals surface area (Å²) < 4.78 is 0. The number of nitrogens with zero attached hydrogens (tertiary/aromatic N) is 1. The molecule has 0 atom stereocenters. The van der Waals surface area contributed by atoms with Crippen LogP contribution in [0.4, 0.5) is 0 Å². The van der Waals surface area contributed by atoms with Gasteiger partial charge in [-0.3, -0.25) is 0 Å². The molecule has 0 spiro atoms. The molecule has 0 fully saturated rings. The van der Waals surface area contributed by atoms with Crippen molar-refractivity contribution in [1.29, 1.82) is 0 Å². The lowest BCUT2D eigenvalue weighted by molar-refractivity contribution is 0.304. The van der Waals surface area contributed by atoms with Gasteiger partial charge < -0.3 is 10.6 Å². The Morgan fingerprint density at radius 3 is 1.42 bits per heavy atom. The Balaban J connectivity index is 0. The van der Waals surface area contributed by atoms with E-state index in [0.717, 1.165) is 6.54 Å². The molecular weight excluding hydrogens is 232 g/mol. The highest BCUT2D eigenvalue weighted by atomic mass is 15.1. The first-order valence-electron chi connectivity index (χ1n) is 8.69. The van der Waals surface area contributed by atoms with Crippen molar-refractivity contribution in [3.05, 3.63) is 0 Å². The van der Waals surface area contributed by atoms with E-state index in [0.29, 0.717) is 0 Å². The SMILES string of the molecule is CCCCCCCCCCN.CCCN(CC)CC. The van der Waals surface area contributed by atoms with E-state index < -0.39 is 0 Å². The molecule has 0 bridgehead atoms. The lowest BCUT2D eigenvalue weighted by Crippen LogP contribution is -2.23. The fourth-order valence-electron chi connectivity index (χ4n) is 2.13. The minimum Gasteiger partial charge on any atom is -0.330 e. The van der Waals surface area contributed by atoms with E-state index in [1.807, 2.05) is 0 Å². The molecule has 0 saturated carbocycles. The topological polar surface area (TPSA) is 29.3 Å². The Labute approximate surface area is 123 Å². The maximum Gasteiger partial charge on any atom is -0.00216 e. The molecule has 0 heterocycles. The predicted molar refractivity (Wildman–Crippen MR) is 89.7 cm³/mol. The first-order chi connectivity index (χ1) is 9.26. The van der Waals surface area contributed by atoms with Crippen LogP contribution in [0.5, 0.6) is 0 Å². The summed E-state index contributed by atoms with van der Waals surface area (Å²) in [5, 5.41) is 0. The first kappa shape index (κ1) is 21.2. The minimum absolute atomic E-state index is 0.870. The minimum atomic E-state index is 0.870. The van der Waals surface area contributed by atoms with Crippen LogP contribution >= 0.6 is 0 Å². The largest absolute Gasteiger partial charge is 0.330 e. The van der Waals surface area contributed by atoms with Gasteiger partial charge in [0, 0.05) is 0 Å². The molecule has 0 aromatic heterocycles. The van der Waals surface area contributed by atoms with Crippen LogP contribution in [-0.2, 0) is 0 Å². The van der Waals surface area contributed by atoms with E-state index in [4.69, 9.17) is 5.73 Å². The maximum atomic E-state index is 5.39. The molecule has 19 heavy (non-hydrogen) atoms. The van der Waals surface area contributed by atoms with Gasteiger partial charge in [-0.15, -0.1) is 0 Å². The molecule has 0 aromatic carbocycles. The van der Waals surface area contributed by atoms with Gasteiger partial charge in [-0.25, -0.2) is 0 Å². The number of hydrogen-bond donors (Lipinski definition) is 1. The molecule has 0 rings (SSSR count). The van der Waals surface area contributed by atoms with Crippen molar-refractivity contribution >= 4 is 0 Å². The van der Waals surface area contributed by atoms with E-state index >= 15 is 0 Å². The number of hydrogen-bond acceptors (Lipinski definition) is 2. The van der Waals surface area contributed by atoms with Gasteiger partial charge in [0.25, 0.3) is 0 Å². The Morgan fingerprint density at radius 2 is 1.11 bits per heavy atom. The van der Waals surface area contributed by atoms with Gasteiger partial charge in [0.05, 0.1) is 0 Å². The normalized spacial score (nSPS) is 10.4. The van der Waals surface area contributed by atoms with Crippen molar-refractivity contribution in [1.82, 2.24) is 4.90 Å². The monoisotopic (exact) mass is 272 g/mol. The molecular formula is C17H40N2. The van der Waals surface area contributed by atoms with Gasteiger partial charge in [0.15, 0.2) is 0 Å². The summed E-state index contributed by atoms with van der Waals surface area (Å²) in [5.74, 6) is 0. The van der Waals surface area contributed by atoms with E-state index in [1.165, 1.54) is 77.4 Å². The molecule has 0 aliphatic rings. The fourth-order valence-corrected chi connectivity index (χ4v) is 2.13. The quantitative estimate of drug-likeness (QED) is 0.516. The van der Waals surface area contributed by atoms with E-state index in [9.17, 15) is 0 Å². The Hall–Kier alpha value is -0.0800. The van der Waals surface area contributed by atoms with E-state index in [1.54, 1.807) is 0 Å². The molecule has 118 valence electrons. The van der Waals surface area contributed by atoms with Crippen LogP contribution in [0.1, 0.15) is 85.5 Å². The summed E-state index contributed by atoms with van der Waals surface area (Å²) >= 11 is 0. The summed E-state index contributed by atoms with van der Waals surface area (Å²) in [5.41, 5.74) is 5.39. The summed E-state index contributed by atoms with van der Waals surface area (Å²) in [6.07, 6.45) is 12.3. The van der Waals surface area contributed by atoms with Gasteiger partial charge in [-0.05, 0) is 39.0 Å². The van der Waals surface area contributed by atoms with Crippen LogP contribution in [0.15, 0.2) is 0 Å². The zero-order chi connectivity index (χ0) is 14.8. The zero-order valence-electron chi connectivity index (χ0n) is 14.2. The molecule has 0 aliphatic heterocycles. The average Bonchev–Trinajstić information content (AvgIpc) is 2.44. The highest BCUT2D eigenvalue weighted by Gasteiger charge is 1.92. The molecule has 2 nitrogen and oxygen atoms in total. The average molecular weight is 273 g/mol. The van der Waals surface area contributed by atoms with Crippen LogP contribution in [0.2, 0.25) is 0 Å². The highest BCUT2D eigenvalue weighted by Crippen LogP contribution is 2.07. The smallest absolute Gasteiger partial charge is 0.00216 e. The van der Waals surface area contributed by atoms with Gasteiger partial charge in [0.2, 0.25) is 0 Å². The number of rotatable bonds is 12. The summed E-state index contributed by atoms with van der Waals surface area (Å²) in [6.45, 7) is 13.4. The third kappa shape index (κ3) is 20.4. The van der Waals surface area contributed by atoms with Crippen LogP contribution in [-0.4, -0.2) is 31.1 Å². The number of unbranched alkanes of at least 4 members (excludes halogenated alkanes) is 7. The Bertz CT molecular complexity index is 125. The third-order valence-corrected chi connectivity index (χ3v) is 3.49. The second kappa shape index (κ2) is 20.2. The first-order valence-corrected chi connectivity index (χ1v) is 8.69. The van der Waals surface area contributed by atoms with E-state index in [-0.39, 0.29) is 0 Å². The fraction of sp³-hybridized carbons (Fsp3) is 1.00. The molecule has 0 radical (unpaired) electrons. The van der Waals surface area contributed by atoms with Gasteiger partial charge in [-0.1, -0.05) is 72.6 Å². The van der Waals surface area contributed by atoms with Crippen molar-refractivity contribution in [2.75, 3.05) is 26.2 Å². The van der Waals surface area contributed by atoms with E-state index in [2.05, 4.69) is 32.6 Å². The van der Waals surface area contributed by atoms with Crippen molar-refractivity contribution in [3.63, 3.8) is 0 Å². The molecule has 0 saturated heterocycles. The molecule has 0 unspecified atom stereocenters. The second-order valence-corrected chi connectivity index (χ2v) is 5.29. The molecule has 0 aliphatic carbocycles. The van der Waals surface area contributed by atoms with Crippen molar-refractivity contribution in [2.45, 2.75) is 85.5 Å². The standard InChI is InChI=1S/C10H23N.C7H17N/c1-2-3-4-5-6-7-8-9-10-11;1-4-7-8(5-2)6-3/h2-11H2,1H3;4-7H2,1-3H3. The zero-order valence-corrected chi connectivity index (χ0v) is 14.2. The lowest BCUT2D eigenvalue weighted by Gasteiger charge is -2.15.